The third-order valence-corrected chi connectivity index (χ3v) is 7.95. The zero-order chi connectivity index (χ0) is 48.0. The fraction of sp³-hybridized carbons (Fsp3) is 0.370. The van der Waals surface area contributed by atoms with Crippen LogP contribution in [0.1, 0.15) is 85.9 Å². The van der Waals surface area contributed by atoms with Gasteiger partial charge in [0.2, 0.25) is 0 Å². The number of hydrogen-bond acceptors (Lipinski definition) is 15. The molecule has 344 valence electrons. The first-order valence-corrected chi connectivity index (χ1v) is 20.3. The van der Waals surface area contributed by atoms with E-state index in [-0.39, 0.29) is 35.9 Å². The molecule has 5 aromatic rings. The molecule has 18 nitrogen and oxygen atoms in total. The normalized spacial score (nSPS) is 11.2. The summed E-state index contributed by atoms with van der Waals surface area (Å²) in [6, 6.07) is 21.5. The van der Waals surface area contributed by atoms with E-state index in [1.807, 2.05) is 51.1 Å². The van der Waals surface area contributed by atoms with E-state index < -0.39 is 56.8 Å². The largest absolute Gasteiger partial charge is 0.488 e. The maximum Gasteiger partial charge on any atom is 0.407 e. The Morgan fingerprint density at radius 2 is 0.891 bits per heavy atom. The number of carbonyl (C=O) groups excluding carboxylic acids is 3. The highest BCUT2D eigenvalue weighted by atomic mass is 16.6. The Hall–Kier alpha value is -7.37. The van der Waals surface area contributed by atoms with Crippen molar-refractivity contribution in [1.29, 1.82) is 0 Å². The van der Waals surface area contributed by atoms with Crippen molar-refractivity contribution in [1.82, 2.24) is 16.0 Å². The topological polar surface area (TPSA) is 269 Å². The number of nitrogens with two attached hydrogens (primary N) is 2. The molecule has 0 radical (unpaired) electrons. The molecule has 0 spiro atoms. The number of nitrogens with one attached hydrogen (secondary N) is 5. The lowest BCUT2D eigenvalue weighted by atomic mass is 10.1. The number of anilines is 6. The minimum Gasteiger partial charge on any atom is -0.488 e. The lowest BCUT2D eigenvalue weighted by molar-refractivity contribution is 0.0512. The molecule has 0 unspecified atom stereocenters. The van der Waals surface area contributed by atoms with Gasteiger partial charge in [0.1, 0.15) is 33.9 Å². The van der Waals surface area contributed by atoms with Gasteiger partial charge in [0.15, 0.2) is 5.75 Å². The molecule has 0 heterocycles. The van der Waals surface area contributed by atoms with Crippen LogP contribution in [0.25, 0.3) is 0 Å². The van der Waals surface area contributed by atoms with Gasteiger partial charge in [-0.1, -0.05) is 36.4 Å². The monoisotopic (exact) mass is 885 g/mol. The highest BCUT2D eigenvalue weighted by molar-refractivity contribution is 5.77. The molecule has 0 atom stereocenters. The quantitative estimate of drug-likeness (QED) is 0.0407. The summed E-state index contributed by atoms with van der Waals surface area (Å²) in [7, 11) is 0. The van der Waals surface area contributed by atoms with Crippen LogP contribution in [0.2, 0.25) is 0 Å². The van der Waals surface area contributed by atoms with Gasteiger partial charge in [-0.2, -0.15) is 0 Å². The second-order valence-electron chi connectivity index (χ2n) is 17.2. The summed E-state index contributed by atoms with van der Waals surface area (Å²) in [5.74, 6) is 0.0600. The number of rotatable bonds is 12. The Bertz CT molecular complexity index is 2530. The van der Waals surface area contributed by atoms with Crippen molar-refractivity contribution in [2.24, 2.45) is 0 Å². The molecule has 3 amide bonds. The van der Waals surface area contributed by atoms with E-state index in [1.54, 1.807) is 90.9 Å². The van der Waals surface area contributed by atoms with Gasteiger partial charge in [0.05, 0.1) is 6.61 Å². The minimum atomic E-state index is -0.671. The minimum absolute atomic E-state index is 0.0600. The zero-order valence-corrected chi connectivity index (χ0v) is 37.9. The highest BCUT2D eigenvalue weighted by Crippen LogP contribution is 2.24. The molecule has 5 rings (SSSR count). The molecule has 0 saturated carbocycles. The van der Waals surface area contributed by atoms with E-state index in [0.29, 0.717) is 30.2 Å². The molecule has 64 heavy (non-hydrogen) atoms. The van der Waals surface area contributed by atoms with Crippen molar-refractivity contribution in [2.75, 3.05) is 28.7 Å². The number of carbonyl (C=O) groups is 3. The molecule has 0 aromatic heterocycles. The Kier molecular flexibility index (Phi) is 17.6. The summed E-state index contributed by atoms with van der Waals surface area (Å²) in [6.45, 7) is 19.2. The molecule has 0 aliphatic carbocycles. The van der Waals surface area contributed by atoms with Gasteiger partial charge in [0.25, 0.3) is 21.7 Å². The summed E-state index contributed by atoms with van der Waals surface area (Å²) in [5.41, 5.74) is 11.7. The van der Waals surface area contributed by atoms with E-state index in [1.165, 1.54) is 0 Å². The van der Waals surface area contributed by atoms with Crippen LogP contribution >= 0.6 is 0 Å². The molecule has 18 heteroatoms. The van der Waals surface area contributed by atoms with E-state index in [9.17, 15) is 33.6 Å². The smallest absolute Gasteiger partial charge is 0.407 e. The number of benzene rings is 3. The van der Waals surface area contributed by atoms with Gasteiger partial charge in [-0.25, -0.2) is 14.4 Å². The van der Waals surface area contributed by atoms with Crippen LogP contribution in [0.3, 0.4) is 0 Å². The first-order chi connectivity index (χ1) is 29.7. The average Bonchev–Trinajstić information content (AvgIpc) is 3.20. The van der Waals surface area contributed by atoms with Gasteiger partial charge < -0.3 is 57.0 Å². The molecule has 5 aromatic carbocycles. The Morgan fingerprint density at radius 1 is 0.516 bits per heavy atom. The third-order valence-electron chi connectivity index (χ3n) is 7.95. The number of hydrogen-bond donors (Lipinski definition) is 7. The van der Waals surface area contributed by atoms with Crippen LogP contribution in [0, 0.1) is 0 Å². The maximum absolute atomic E-state index is 11.7. The molecular weight excluding hydrogens is 827 g/mol. The summed E-state index contributed by atoms with van der Waals surface area (Å²) < 4.78 is 20.6. The molecular formula is C46H59N7O11. The van der Waals surface area contributed by atoms with Gasteiger partial charge >= 0.3 is 18.3 Å². The molecule has 0 fully saturated rings. The molecule has 0 bridgehead atoms. The van der Waals surface area contributed by atoms with E-state index in [4.69, 9.17) is 30.4 Å². The van der Waals surface area contributed by atoms with Crippen LogP contribution in [0.4, 0.5) is 48.5 Å². The van der Waals surface area contributed by atoms with Gasteiger partial charge in [0, 0.05) is 36.7 Å². The van der Waals surface area contributed by atoms with Crippen molar-refractivity contribution in [3.63, 3.8) is 0 Å². The third kappa shape index (κ3) is 17.2. The van der Waals surface area contributed by atoms with Crippen LogP contribution < -0.4 is 64.5 Å². The fourth-order valence-electron chi connectivity index (χ4n) is 5.27. The summed E-state index contributed by atoms with van der Waals surface area (Å²) in [5, 5.41) is 13.7. The van der Waals surface area contributed by atoms with Crippen LogP contribution in [0.15, 0.2) is 92.0 Å². The van der Waals surface area contributed by atoms with Crippen molar-refractivity contribution < 1.29 is 33.3 Å². The molecule has 0 saturated heterocycles. The highest BCUT2D eigenvalue weighted by Gasteiger charge is 2.23. The summed E-state index contributed by atoms with van der Waals surface area (Å²) in [6.07, 6.45) is -1.44. The first kappa shape index (κ1) is 51.0. The second-order valence-corrected chi connectivity index (χ2v) is 17.2. The first-order valence-electron chi connectivity index (χ1n) is 20.3. The van der Waals surface area contributed by atoms with E-state index in [0.717, 1.165) is 16.7 Å². The van der Waals surface area contributed by atoms with Crippen LogP contribution in [-0.4, -0.2) is 41.7 Å². The van der Waals surface area contributed by atoms with E-state index in [2.05, 4.69) is 26.6 Å². The average molecular weight is 886 g/mol. The van der Waals surface area contributed by atoms with Gasteiger partial charge in [-0.05, 0) is 122 Å². The zero-order valence-electron chi connectivity index (χ0n) is 37.9. The van der Waals surface area contributed by atoms with Crippen molar-refractivity contribution >= 4 is 52.4 Å². The maximum atomic E-state index is 11.7. The van der Waals surface area contributed by atoms with Crippen molar-refractivity contribution in [3.05, 3.63) is 130 Å². The molecule has 0 aliphatic rings. The predicted molar refractivity (Wildman–Crippen MR) is 248 cm³/mol. The standard InChI is InChI=1S/C18H22N2O5.C16H19N3O4.C12H18N2O2/c1-5-24-16-13(14(21)15(16)22)20-12-8-6-7-11(9-12)10-19-17(23)25-18(2,3)4;1-16(2,3)23-15(22)18-8-9-5-4-6-10(7-9)19-12-11(17)13(20)14(12)21;1-12(2,3)16-11(15)14-8-9-5-4-6-10(13)7-9/h6-9,20H,5,10H2,1-4H3,(H,19,23);4-7,19H,8,17H2,1-3H3,(H,18,22);4-7H,8,13H2,1-3H3,(H,14,15). The van der Waals surface area contributed by atoms with E-state index >= 15 is 0 Å². The van der Waals surface area contributed by atoms with Gasteiger partial charge in [-0.3, -0.25) is 19.2 Å². The second kappa shape index (κ2) is 22.1. The summed E-state index contributed by atoms with van der Waals surface area (Å²) >= 11 is 0. The number of nitrogen functional groups attached to an aromatic ring is 2. The Balaban J connectivity index is 0.000000262. The fourth-order valence-corrected chi connectivity index (χ4v) is 5.27. The summed E-state index contributed by atoms with van der Waals surface area (Å²) in [4.78, 5) is 80.3. The van der Waals surface area contributed by atoms with Crippen LogP contribution in [-0.2, 0) is 33.8 Å². The van der Waals surface area contributed by atoms with Crippen LogP contribution in [0.5, 0.6) is 5.75 Å². The Morgan fingerprint density at radius 3 is 1.27 bits per heavy atom. The Labute approximate surface area is 371 Å². The molecule has 9 N–H and O–H groups in total. The van der Waals surface area contributed by atoms with Crippen molar-refractivity contribution in [3.8, 4) is 5.75 Å². The number of amides is 3. The van der Waals surface area contributed by atoms with Gasteiger partial charge in [-0.15, -0.1) is 0 Å². The predicted octanol–water partition coefficient (Wildman–Crippen LogP) is 6.38. The number of ether oxygens (including phenoxy) is 4. The van der Waals surface area contributed by atoms with Crippen molar-refractivity contribution in [2.45, 2.75) is 106 Å². The SMILES string of the molecule is CC(C)(C)OC(=O)NCc1cccc(N)c1.CC(C)(C)OC(=O)NCc1cccc(Nc2c(N)c(=O)c2=O)c1.CCOc1c(Nc2cccc(CNC(=O)OC(C)(C)C)c2)c(=O)c1=O. The lowest BCUT2D eigenvalue weighted by Gasteiger charge is -2.19. The number of alkyl carbamates (subject to hydrolysis) is 3. The molecule has 0 aliphatic heterocycles. The lowest BCUT2D eigenvalue weighted by Crippen LogP contribution is -2.36.